The van der Waals surface area contributed by atoms with Gasteiger partial charge in [0, 0.05) is 17.5 Å². The van der Waals surface area contributed by atoms with Gasteiger partial charge in [-0.15, -0.1) is 0 Å². The lowest BCUT2D eigenvalue weighted by atomic mass is 9.94. The number of ether oxygens (including phenoxy) is 2. The Labute approximate surface area is 114 Å². The van der Waals surface area contributed by atoms with Crippen LogP contribution < -0.4 is 15.2 Å². The quantitative estimate of drug-likeness (QED) is 0.770. The summed E-state index contributed by atoms with van der Waals surface area (Å²) in [5, 5.41) is 0. The van der Waals surface area contributed by atoms with E-state index in [2.05, 4.69) is 0 Å². The van der Waals surface area contributed by atoms with Crippen molar-refractivity contribution in [2.24, 2.45) is 11.7 Å². The lowest BCUT2D eigenvalue weighted by Gasteiger charge is -2.16. The Morgan fingerprint density at radius 3 is 2.26 bits per heavy atom. The second-order valence-corrected chi connectivity index (χ2v) is 4.54. The first-order valence-electron chi connectivity index (χ1n) is 6.70. The van der Waals surface area contributed by atoms with E-state index in [1.54, 1.807) is 18.2 Å². The molecule has 0 saturated carbocycles. The number of rotatable bonds is 7. The largest absolute Gasteiger partial charge is 0.490 e. The smallest absolute Gasteiger partial charge is 0.167 e. The maximum absolute atomic E-state index is 12.2. The van der Waals surface area contributed by atoms with E-state index >= 15 is 0 Å². The molecular formula is C15H23NO3. The molecule has 0 heterocycles. The Bertz CT molecular complexity index is 429. The van der Waals surface area contributed by atoms with Crippen LogP contribution in [0.3, 0.4) is 0 Å². The van der Waals surface area contributed by atoms with Crippen LogP contribution in [0.5, 0.6) is 11.5 Å². The Hall–Kier alpha value is -1.55. The van der Waals surface area contributed by atoms with Crippen LogP contribution in [-0.2, 0) is 0 Å². The van der Waals surface area contributed by atoms with E-state index in [4.69, 9.17) is 15.2 Å². The van der Waals surface area contributed by atoms with Crippen LogP contribution in [-0.4, -0.2) is 25.0 Å². The molecule has 4 heteroatoms. The molecule has 2 unspecified atom stereocenters. The molecule has 0 bridgehead atoms. The van der Waals surface area contributed by atoms with Gasteiger partial charge in [0.25, 0.3) is 0 Å². The van der Waals surface area contributed by atoms with Crippen molar-refractivity contribution in [3.63, 3.8) is 0 Å². The summed E-state index contributed by atoms with van der Waals surface area (Å²) in [6, 6.07) is 5.09. The van der Waals surface area contributed by atoms with E-state index < -0.39 is 0 Å². The summed E-state index contributed by atoms with van der Waals surface area (Å²) < 4.78 is 11.0. The molecule has 0 radical (unpaired) electrons. The molecular weight excluding hydrogens is 242 g/mol. The summed E-state index contributed by atoms with van der Waals surface area (Å²) in [5.74, 6) is 1.08. The molecule has 2 N–H and O–H groups in total. The minimum atomic E-state index is -0.215. The van der Waals surface area contributed by atoms with Crippen molar-refractivity contribution < 1.29 is 14.3 Å². The Balaban J connectivity index is 3.03. The standard InChI is InChI=1S/C15H23NO3/c1-5-18-13-8-7-12(9-14(13)19-6-2)15(17)10(3)11(4)16/h7-11H,5-6,16H2,1-4H3. The second kappa shape index (κ2) is 7.14. The third-order valence-electron chi connectivity index (χ3n) is 3.03. The highest BCUT2D eigenvalue weighted by Gasteiger charge is 2.20. The predicted molar refractivity (Wildman–Crippen MR) is 75.9 cm³/mol. The van der Waals surface area contributed by atoms with Gasteiger partial charge in [0.15, 0.2) is 17.3 Å². The van der Waals surface area contributed by atoms with Gasteiger partial charge < -0.3 is 15.2 Å². The molecule has 0 aromatic heterocycles. The predicted octanol–water partition coefficient (Wildman–Crippen LogP) is 2.65. The lowest BCUT2D eigenvalue weighted by molar-refractivity contribution is 0.0916. The van der Waals surface area contributed by atoms with Gasteiger partial charge in [0.2, 0.25) is 0 Å². The van der Waals surface area contributed by atoms with Gasteiger partial charge in [0.05, 0.1) is 13.2 Å². The van der Waals surface area contributed by atoms with E-state index in [9.17, 15) is 4.79 Å². The maximum Gasteiger partial charge on any atom is 0.167 e. The summed E-state index contributed by atoms with van der Waals surface area (Å²) >= 11 is 0. The highest BCUT2D eigenvalue weighted by Crippen LogP contribution is 2.29. The minimum absolute atomic E-state index is 0.0269. The first-order valence-corrected chi connectivity index (χ1v) is 6.70. The molecule has 0 fully saturated rings. The molecule has 0 aliphatic carbocycles. The first-order chi connectivity index (χ1) is 9.01. The molecule has 0 aliphatic rings. The molecule has 0 saturated heterocycles. The zero-order chi connectivity index (χ0) is 14.4. The van der Waals surface area contributed by atoms with Gasteiger partial charge in [-0.25, -0.2) is 0 Å². The van der Waals surface area contributed by atoms with Gasteiger partial charge in [-0.2, -0.15) is 0 Å². The first kappa shape index (κ1) is 15.5. The third-order valence-corrected chi connectivity index (χ3v) is 3.03. The maximum atomic E-state index is 12.2. The zero-order valence-corrected chi connectivity index (χ0v) is 12.1. The van der Waals surface area contributed by atoms with Gasteiger partial charge in [-0.3, -0.25) is 4.79 Å². The van der Waals surface area contributed by atoms with E-state index in [1.165, 1.54) is 0 Å². The molecule has 4 nitrogen and oxygen atoms in total. The van der Waals surface area contributed by atoms with E-state index in [-0.39, 0.29) is 17.7 Å². The van der Waals surface area contributed by atoms with Crippen LogP contribution in [0.15, 0.2) is 18.2 Å². The minimum Gasteiger partial charge on any atom is -0.490 e. The molecule has 0 spiro atoms. The number of benzene rings is 1. The fraction of sp³-hybridized carbons (Fsp3) is 0.533. The van der Waals surface area contributed by atoms with Crippen molar-refractivity contribution in [1.82, 2.24) is 0 Å². The summed E-state index contributed by atoms with van der Waals surface area (Å²) in [6.45, 7) is 8.57. The van der Waals surface area contributed by atoms with E-state index in [0.717, 1.165) is 0 Å². The summed E-state index contributed by atoms with van der Waals surface area (Å²) in [6.07, 6.45) is 0. The number of hydrogen-bond donors (Lipinski definition) is 1. The van der Waals surface area contributed by atoms with Gasteiger partial charge in [-0.05, 0) is 39.0 Å². The van der Waals surface area contributed by atoms with Crippen LogP contribution in [0.25, 0.3) is 0 Å². The average Bonchev–Trinajstić information content (AvgIpc) is 2.39. The fourth-order valence-corrected chi connectivity index (χ4v) is 1.71. The molecule has 2 atom stereocenters. The highest BCUT2D eigenvalue weighted by molar-refractivity contribution is 5.98. The highest BCUT2D eigenvalue weighted by atomic mass is 16.5. The second-order valence-electron chi connectivity index (χ2n) is 4.54. The Kier molecular flexibility index (Phi) is 5.83. The summed E-state index contributed by atoms with van der Waals surface area (Å²) in [7, 11) is 0. The van der Waals surface area contributed by atoms with Crippen LogP contribution in [0.2, 0.25) is 0 Å². The number of carbonyl (C=O) groups excluding carboxylic acids is 1. The van der Waals surface area contributed by atoms with Crippen molar-refractivity contribution in [3.05, 3.63) is 23.8 Å². The molecule has 0 amide bonds. The van der Waals surface area contributed by atoms with Crippen LogP contribution in [0.1, 0.15) is 38.1 Å². The van der Waals surface area contributed by atoms with Crippen molar-refractivity contribution >= 4 is 5.78 Å². The number of Topliss-reactive ketones (excluding diaryl/α,β-unsaturated/α-hetero) is 1. The number of ketones is 1. The molecule has 19 heavy (non-hydrogen) atoms. The van der Waals surface area contributed by atoms with Crippen LogP contribution in [0, 0.1) is 5.92 Å². The van der Waals surface area contributed by atoms with E-state index in [0.29, 0.717) is 30.3 Å². The van der Waals surface area contributed by atoms with Crippen LogP contribution >= 0.6 is 0 Å². The number of hydrogen-bond acceptors (Lipinski definition) is 4. The topological polar surface area (TPSA) is 61.5 Å². The fourth-order valence-electron chi connectivity index (χ4n) is 1.71. The normalized spacial score (nSPS) is 13.7. The number of carbonyl (C=O) groups is 1. The summed E-state index contributed by atoms with van der Waals surface area (Å²) in [5.41, 5.74) is 6.38. The van der Waals surface area contributed by atoms with E-state index in [1.807, 2.05) is 27.7 Å². The molecule has 1 aromatic rings. The molecule has 1 rings (SSSR count). The van der Waals surface area contributed by atoms with Crippen molar-refractivity contribution in [3.8, 4) is 11.5 Å². The SMILES string of the molecule is CCOc1ccc(C(=O)C(C)C(C)N)cc1OCC. The molecule has 0 aliphatic heterocycles. The monoisotopic (exact) mass is 265 g/mol. The van der Waals surface area contributed by atoms with Crippen LogP contribution in [0.4, 0.5) is 0 Å². The van der Waals surface area contributed by atoms with Crippen molar-refractivity contribution in [2.45, 2.75) is 33.7 Å². The van der Waals surface area contributed by atoms with Crippen molar-refractivity contribution in [1.29, 1.82) is 0 Å². The third kappa shape index (κ3) is 3.96. The Morgan fingerprint density at radius 1 is 1.16 bits per heavy atom. The lowest BCUT2D eigenvalue weighted by Crippen LogP contribution is -2.30. The number of nitrogens with two attached hydrogens (primary N) is 1. The van der Waals surface area contributed by atoms with Gasteiger partial charge >= 0.3 is 0 Å². The molecule has 1 aromatic carbocycles. The molecule has 106 valence electrons. The van der Waals surface area contributed by atoms with Crippen molar-refractivity contribution in [2.75, 3.05) is 13.2 Å². The zero-order valence-electron chi connectivity index (χ0n) is 12.1. The van der Waals surface area contributed by atoms with Gasteiger partial charge in [-0.1, -0.05) is 6.92 Å². The Morgan fingerprint density at radius 2 is 1.74 bits per heavy atom. The van der Waals surface area contributed by atoms with Gasteiger partial charge in [0.1, 0.15) is 0 Å². The average molecular weight is 265 g/mol. The summed E-state index contributed by atoms with van der Waals surface area (Å²) in [4.78, 5) is 12.2.